The zero-order chi connectivity index (χ0) is 23.8. The SMILES string of the molecule is COc1ccc(-c2noc(Cn3c(=O)n(-c4cc(C)cc(C)c4)c(=O)c4ccccc43)n2)cc1. The van der Waals surface area contributed by atoms with Crippen LogP contribution < -0.4 is 16.0 Å². The van der Waals surface area contributed by atoms with Crippen LogP contribution in [0.1, 0.15) is 17.0 Å². The second-order valence-corrected chi connectivity index (χ2v) is 8.11. The second kappa shape index (κ2) is 8.47. The first-order valence-corrected chi connectivity index (χ1v) is 10.7. The van der Waals surface area contributed by atoms with Crippen molar-refractivity contribution in [3.8, 4) is 22.8 Å². The fourth-order valence-corrected chi connectivity index (χ4v) is 4.09. The van der Waals surface area contributed by atoms with Gasteiger partial charge in [0.1, 0.15) is 12.3 Å². The van der Waals surface area contributed by atoms with Gasteiger partial charge in [0, 0.05) is 5.56 Å². The van der Waals surface area contributed by atoms with E-state index in [0.717, 1.165) is 22.4 Å². The molecule has 34 heavy (non-hydrogen) atoms. The van der Waals surface area contributed by atoms with Crippen LogP contribution in [0, 0.1) is 13.8 Å². The summed E-state index contributed by atoms with van der Waals surface area (Å²) < 4.78 is 13.3. The van der Waals surface area contributed by atoms with E-state index in [0.29, 0.717) is 22.4 Å². The standard InChI is InChI=1S/C26H22N4O4/c1-16-12-17(2)14-19(13-16)30-25(31)21-6-4-5-7-22(21)29(26(30)32)15-23-27-24(28-34-23)18-8-10-20(33-3)11-9-18/h4-14H,15H2,1-3H3. The van der Waals surface area contributed by atoms with E-state index in [9.17, 15) is 9.59 Å². The van der Waals surface area contributed by atoms with E-state index in [1.165, 1.54) is 9.13 Å². The molecule has 8 nitrogen and oxygen atoms in total. The van der Waals surface area contributed by atoms with Crippen molar-refractivity contribution < 1.29 is 9.26 Å². The lowest BCUT2D eigenvalue weighted by Gasteiger charge is -2.13. The van der Waals surface area contributed by atoms with E-state index >= 15 is 0 Å². The molecule has 170 valence electrons. The summed E-state index contributed by atoms with van der Waals surface area (Å²) in [6.45, 7) is 3.88. The maximum absolute atomic E-state index is 13.6. The molecule has 0 aliphatic rings. The number of benzene rings is 3. The molecule has 0 fully saturated rings. The summed E-state index contributed by atoms with van der Waals surface area (Å²) in [5.74, 6) is 1.38. The lowest BCUT2D eigenvalue weighted by Crippen LogP contribution is -2.39. The summed E-state index contributed by atoms with van der Waals surface area (Å²) in [5, 5.41) is 4.49. The van der Waals surface area contributed by atoms with Gasteiger partial charge in [-0.25, -0.2) is 9.36 Å². The highest BCUT2D eigenvalue weighted by Crippen LogP contribution is 2.20. The summed E-state index contributed by atoms with van der Waals surface area (Å²) in [6.07, 6.45) is 0. The van der Waals surface area contributed by atoms with Gasteiger partial charge < -0.3 is 9.26 Å². The van der Waals surface area contributed by atoms with Gasteiger partial charge in [-0.05, 0) is 73.5 Å². The van der Waals surface area contributed by atoms with Crippen molar-refractivity contribution in [1.29, 1.82) is 0 Å². The maximum atomic E-state index is 13.6. The molecule has 0 N–H and O–H groups in total. The first kappa shape index (κ1) is 21.4. The molecule has 5 rings (SSSR count). The summed E-state index contributed by atoms with van der Waals surface area (Å²) in [5.41, 5.74) is 2.86. The van der Waals surface area contributed by atoms with Gasteiger partial charge in [0.15, 0.2) is 0 Å². The van der Waals surface area contributed by atoms with Gasteiger partial charge in [0.2, 0.25) is 11.7 Å². The number of ether oxygens (including phenoxy) is 1. The second-order valence-electron chi connectivity index (χ2n) is 8.11. The van der Waals surface area contributed by atoms with Crippen molar-refractivity contribution in [2.75, 3.05) is 7.11 Å². The Morgan fingerprint density at radius 3 is 2.35 bits per heavy atom. The van der Waals surface area contributed by atoms with Crippen LogP contribution >= 0.6 is 0 Å². The van der Waals surface area contributed by atoms with E-state index < -0.39 is 5.69 Å². The number of para-hydroxylation sites is 1. The fraction of sp³-hybridized carbons (Fsp3) is 0.154. The summed E-state index contributed by atoms with van der Waals surface area (Å²) in [4.78, 5) is 31.4. The minimum Gasteiger partial charge on any atom is -0.497 e. The topological polar surface area (TPSA) is 92.2 Å². The third-order valence-corrected chi connectivity index (χ3v) is 5.62. The summed E-state index contributed by atoms with van der Waals surface area (Å²) in [7, 11) is 1.60. The van der Waals surface area contributed by atoms with Crippen LogP contribution in [-0.2, 0) is 6.54 Å². The lowest BCUT2D eigenvalue weighted by molar-refractivity contribution is 0.370. The summed E-state index contributed by atoms with van der Waals surface area (Å²) >= 11 is 0. The minimum atomic E-state index is -0.474. The Morgan fingerprint density at radius 1 is 0.941 bits per heavy atom. The maximum Gasteiger partial charge on any atom is 0.336 e. The van der Waals surface area contributed by atoms with Gasteiger partial charge in [0.05, 0.1) is 23.7 Å². The van der Waals surface area contributed by atoms with Crippen molar-refractivity contribution in [2.24, 2.45) is 0 Å². The number of nitrogens with zero attached hydrogens (tertiary/aromatic N) is 4. The molecule has 0 aliphatic carbocycles. The summed E-state index contributed by atoms with van der Waals surface area (Å²) in [6, 6.07) is 19.9. The smallest absolute Gasteiger partial charge is 0.336 e. The van der Waals surface area contributed by atoms with Crippen LogP contribution in [0.3, 0.4) is 0 Å². The van der Waals surface area contributed by atoms with Crippen LogP contribution in [-0.4, -0.2) is 26.4 Å². The molecule has 0 saturated carbocycles. The van der Waals surface area contributed by atoms with E-state index in [2.05, 4.69) is 10.1 Å². The first-order chi connectivity index (χ1) is 16.4. The van der Waals surface area contributed by atoms with Gasteiger partial charge in [-0.1, -0.05) is 23.4 Å². The number of hydrogen-bond acceptors (Lipinski definition) is 6. The molecule has 0 amide bonds. The van der Waals surface area contributed by atoms with Crippen molar-refractivity contribution in [3.63, 3.8) is 0 Å². The predicted octanol–water partition coefficient (Wildman–Crippen LogP) is 3.88. The Hall–Kier alpha value is -4.46. The zero-order valence-electron chi connectivity index (χ0n) is 19.0. The predicted molar refractivity (Wildman–Crippen MR) is 129 cm³/mol. The van der Waals surface area contributed by atoms with Crippen LogP contribution in [0.15, 0.2) is 80.8 Å². The number of aromatic nitrogens is 4. The number of methoxy groups -OCH3 is 1. The molecular formula is C26H22N4O4. The van der Waals surface area contributed by atoms with Crippen molar-refractivity contribution in [2.45, 2.75) is 20.4 Å². The minimum absolute atomic E-state index is 0.0214. The molecular weight excluding hydrogens is 432 g/mol. The average molecular weight is 454 g/mol. The molecule has 2 aromatic heterocycles. The number of rotatable bonds is 5. The largest absolute Gasteiger partial charge is 0.497 e. The van der Waals surface area contributed by atoms with Gasteiger partial charge in [-0.15, -0.1) is 0 Å². The third-order valence-electron chi connectivity index (χ3n) is 5.62. The molecule has 0 spiro atoms. The number of fused-ring (bicyclic) bond motifs is 1. The van der Waals surface area contributed by atoms with Crippen LogP contribution in [0.5, 0.6) is 5.75 Å². The zero-order valence-corrected chi connectivity index (χ0v) is 19.0. The number of aryl methyl sites for hydroxylation is 2. The molecule has 3 aromatic carbocycles. The van der Waals surface area contributed by atoms with E-state index in [4.69, 9.17) is 9.26 Å². The Bertz CT molecular complexity index is 1610. The molecule has 5 aromatic rings. The number of hydrogen-bond donors (Lipinski definition) is 0. The van der Waals surface area contributed by atoms with Crippen LogP contribution in [0.4, 0.5) is 0 Å². The highest BCUT2D eigenvalue weighted by atomic mass is 16.5. The molecule has 2 heterocycles. The van der Waals surface area contributed by atoms with E-state index in [-0.39, 0.29) is 18.0 Å². The van der Waals surface area contributed by atoms with Crippen molar-refractivity contribution in [3.05, 3.63) is 105 Å². The van der Waals surface area contributed by atoms with E-state index in [1.54, 1.807) is 31.4 Å². The molecule has 8 heteroatoms. The molecule has 0 bridgehead atoms. The molecule has 0 aliphatic heterocycles. The van der Waals surface area contributed by atoms with Gasteiger partial charge in [-0.3, -0.25) is 9.36 Å². The Labute approximate surface area is 194 Å². The third kappa shape index (κ3) is 3.79. The highest BCUT2D eigenvalue weighted by molar-refractivity contribution is 5.78. The Balaban J connectivity index is 1.63. The fourth-order valence-electron chi connectivity index (χ4n) is 4.09. The average Bonchev–Trinajstić information content (AvgIpc) is 3.30. The molecule has 0 radical (unpaired) electrons. The Morgan fingerprint density at radius 2 is 1.65 bits per heavy atom. The van der Waals surface area contributed by atoms with Crippen LogP contribution in [0.25, 0.3) is 28.0 Å². The molecule has 0 unspecified atom stereocenters. The monoisotopic (exact) mass is 454 g/mol. The highest BCUT2D eigenvalue weighted by Gasteiger charge is 2.17. The van der Waals surface area contributed by atoms with Gasteiger partial charge in [-0.2, -0.15) is 4.98 Å². The quantitative estimate of drug-likeness (QED) is 0.400. The lowest BCUT2D eigenvalue weighted by atomic mass is 10.1. The van der Waals surface area contributed by atoms with Crippen molar-refractivity contribution in [1.82, 2.24) is 19.3 Å². The molecule has 0 saturated heterocycles. The van der Waals surface area contributed by atoms with Gasteiger partial charge >= 0.3 is 5.69 Å². The first-order valence-electron chi connectivity index (χ1n) is 10.7. The van der Waals surface area contributed by atoms with E-state index in [1.807, 2.05) is 56.3 Å². The van der Waals surface area contributed by atoms with Gasteiger partial charge in [0.25, 0.3) is 5.56 Å². The normalized spacial score (nSPS) is 11.1. The Kier molecular flexibility index (Phi) is 5.33. The van der Waals surface area contributed by atoms with Crippen molar-refractivity contribution >= 4 is 10.9 Å². The van der Waals surface area contributed by atoms with Crippen LogP contribution in [0.2, 0.25) is 0 Å². The molecule has 0 atom stereocenters.